The fourth-order valence-electron chi connectivity index (χ4n) is 3.00. The molecule has 0 saturated carbocycles. The van der Waals surface area contributed by atoms with Gasteiger partial charge in [-0.05, 0) is 36.6 Å². The first kappa shape index (κ1) is 17.7. The molecular formula is C18H27FN2O2. The van der Waals surface area contributed by atoms with Crippen LogP contribution in [0.15, 0.2) is 24.3 Å². The topological polar surface area (TPSA) is 55.6 Å². The van der Waals surface area contributed by atoms with Crippen LogP contribution in [-0.4, -0.2) is 30.1 Å². The average molecular weight is 322 g/mol. The molecule has 0 radical (unpaired) electrons. The van der Waals surface area contributed by atoms with Crippen LogP contribution in [0, 0.1) is 11.2 Å². The summed E-state index contributed by atoms with van der Waals surface area (Å²) in [7, 11) is 0. The first-order valence-electron chi connectivity index (χ1n) is 8.15. The Balaban J connectivity index is 2.25. The molecule has 2 rings (SSSR count). The van der Waals surface area contributed by atoms with Gasteiger partial charge in [0.1, 0.15) is 11.4 Å². The van der Waals surface area contributed by atoms with E-state index in [0.29, 0.717) is 25.9 Å². The molecule has 1 aromatic rings. The number of ether oxygens (including phenoxy) is 1. The lowest BCUT2D eigenvalue weighted by Crippen LogP contribution is -2.54. The van der Waals surface area contributed by atoms with Crippen LogP contribution in [0.3, 0.4) is 0 Å². The molecule has 1 aliphatic rings. The van der Waals surface area contributed by atoms with E-state index in [1.807, 2.05) is 6.92 Å². The van der Waals surface area contributed by atoms with Crippen molar-refractivity contribution in [3.8, 4) is 0 Å². The van der Waals surface area contributed by atoms with Crippen LogP contribution < -0.4 is 5.73 Å². The summed E-state index contributed by atoms with van der Waals surface area (Å²) in [4.78, 5) is 14.4. The van der Waals surface area contributed by atoms with E-state index in [4.69, 9.17) is 10.5 Å². The van der Waals surface area contributed by atoms with Gasteiger partial charge in [-0.3, -0.25) is 0 Å². The van der Waals surface area contributed by atoms with Gasteiger partial charge in [-0.15, -0.1) is 0 Å². The first-order valence-corrected chi connectivity index (χ1v) is 8.15. The highest BCUT2D eigenvalue weighted by Crippen LogP contribution is 2.39. The smallest absolute Gasteiger partial charge is 0.410 e. The fourth-order valence-corrected chi connectivity index (χ4v) is 3.00. The van der Waals surface area contributed by atoms with E-state index in [0.717, 1.165) is 5.56 Å². The standard InChI is InChI=1S/C18H27FN2O2/c1-13(17(2,3)4)21-12-10-18(9-11-20,23-16(21)22)14-5-7-15(19)8-6-14/h5-8,13H,9-12,20H2,1-4H3/t13-,18+/m0/s1. The highest BCUT2D eigenvalue weighted by Gasteiger charge is 2.44. The Morgan fingerprint density at radius 1 is 1.35 bits per heavy atom. The normalized spacial score (nSPS) is 23.6. The predicted molar refractivity (Wildman–Crippen MR) is 88.5 cm³/mol. The quantitative estimate of drug-likeness (QED) is 0.920. The number of halogens is 1. The summed E-state index contributed by atoms with van der Waals surface area (Å²) >= 11 is 0. The Hall–Kier alpha value is -1.62. The second-order valence-electron chi connectivity index (χ2n) is 7.39. The third-order valence-corrected chi connectivity index (χ3v) is 4.91. The zero-order valence-corrected chi connectivity index (χ0v) is 14.4. The van der Waals surface area contributed by atoms with Gasteiger partial charge in [0.05, 0.1) is 0 Å². The molecule has 5 heteroatoms. The highest BCUT2D eigenvalue weighted by molar-refractivity contribution is 5.70. The van der Waals surface area contributed by atoms with Gasteiger partial charge in [-0.25, -0.2) is 9.18 Å². The van der Waals surface area contributed by atoms with Crippen LogP contribution in [0.25, 0.3) is 0 Å². The SMILES string of the molecule is C[C@H](N1CC[C@](CCN)(c2ccc(F)cc2)OC1=O)C(C)(C)C. The Morgan fingerprint density at radius 2 is 1.96 bits per heavy atom. The highest BCUT2D eigenvalue weighted by atomic mass is 19.1. The number of benzene rings is 1. The van der Waals surface area contributed by atoms with E-state index >= 15 is 0 Å². The minimum atomic E-state index is -0.756. The number of cyclic esters (lactones) is 1. The third-order valence-electron chi connectivity index (χ3n) is 4.91. The van der Waals surface area contributed by atoms with Gasteiger partial charge < -0.3 is 15.4 Å². The van der Waals surface area contributed by atoms with Gasteiger partial charge in [0.25, 0.3) is 0 Å². The van der Waals surface area contributed by atoms with Crippen molar-refractivity contribution in [2.45, 2.75) is 52.2 Å². The number of carbonyl (C=O) groups is 1. The van der Waals surface area contributed by atoms with Gasteiger partial charge in [0.15, 0.2) is 0 Å². The van der Waals surface area contributed by atoms with Crippen molar-refractivity contribution in [2.75, 3.05) is 13.1 Å². The number of hydrogen-bond donors (Lipinski definition) is 1. The molecule has 2 atom stereocenters. The lowest BCUT2D eigenvalue weighted by atomic mass is 9.83. The maximum Gasteiger partial charge on any atom is 0.410 e. The maximum absolute atomic E-state index is 13.2. The second kappa shape index (κ2) is 6.48. The Bertz CT molecular complexity index is 553. The molecule has 128 valence electrons. The zero-order valence-electron chi connectivity index (χ0n) is 14.4. The van der Waals surface area contributed by atoms with Crippen LogP contribution >= 0.6 is 0 Å². The molecule has 0 unspecified atom stereocenters. The van der Waals surface area contributed by atoms with Crippen LogP contribution in [-0.2, 0) is 10.3 Å². The largest absolute Gasteiger partial charge is 0.438 e. The number of hydrogen-bond acceptors (Lipinski definition) is 3. The Labute approximate surface area is 137 Å². The van der Waals surface area contributed by atoms with Gasteiger partial charge in [-0.1, -0.05) is 32.9 Å². The number of carbonyl (C=O) groups excluding carboxylic acids is 1. The average Bonchev–Trinajstić information content (AvgIpc) is 2.46. The summed E-state index contributed by atoms with van der Waals surface area (Å²) < 4.78 is 19.1. The van der Waals surface area contributed by atoms with Gasteiger partial charge in [0, 0.05) is 25.4 Å². The third kappa shape index (κ3) is 3.66. The van der Waals surface area contributed by atoms with Crippen molar-refractivity contribution >= 4 is 6.09 Å². The van der Waals surface area contributed by atoms with Crippen molar-refractivity contribution in [3.63, 3.8) is 0 Å². The van der Waals surface area contributed by atoms with E-state index in [9.17, 15) is 9.18 Å². The molecule has 23 heavy (non-hydrogen) atoms. The summed E-state index contributed by atoms with van der Waals surface area (Å²) in [5.41, 5.74) is 5.77. The minimum Gasteiger partial charge on any atom is -0.438 e. The molecular weight excluding hydrogens is 295 g/mol. The molecule has 0 spiro atoms. The van der Waals surface area contributed by atoms with Crippen molar-refractivity contribution in [1.29, 1.82) is 0 Å². The number of nitrogens with zero attached hydrogens (tertiary/aromatic N) is 1. The van der Waals surface area contributed by atoms with Crippen LogP contribution in [0.4, 0.5) is 9.18 Å². The van der Waals surface area contributed by atoms with E-state index in [1.54, 1.807) is 17.0 Å². The maximum atomic E-state index is 13.2. The first-order chi connectivity index (χ1) is 10.7. The minimum absolute atomic E-state index is 0.0250. The van der Waals surface area contributed by atoms with Crippen LogP contribution in [0.5, 0.6) is 0 Å². The summed E-state index contributed by atoms with van der Waals surface area (Å²) in [5, 5.41) is 0. The molecule has 0 aromatic heterocycles. The monoisotopic (exact) mass is 322 g/mol. The number of nitrogens with two attached hydrogens (primary N) is 1. The van der Waals surface area contributed by atoms with Gasteiger partial charge >= 0.3 is 6.09 Å². The molecule has 2 N–H and O–H groups in total. The summed E-state index contributed by atoms with van der Waals surface area (Å²) in [5.74, 6) is -0.304. The molecule has 1 heterocycles. The van der Waals surface area contributed by atoms with Crippen molar-refractivity contribution in [1.82, 2.24) is 4.90 Å². The lowest BCUT2D eigenvalue weighted by molar-refractivity contribution is -0.0724. The van der Waals surface area contributed by atoms with E-state index in [-0.39, 0.29) is 23.4 Å². The summed E-state index contributed by atoms with van der Waals surface area (Å²) in [6, 6.07) is 6.22. The molecule has 1 amide bonds. The molecule has 1 saturated heterocycles. The van der Waals surface area contributed by atoms with Crippen LogP contribution in [0.1, 0.15) is 46.1 Å². The summed E-state index contributed by atoms with van der Waals surface area (Å²) in [6.45, 7) is 9.36. The van der Waals surface area contributed by atoms with E-state index in [1.165, 1.54) is 12.1 Å². The van der Waals surface area contributed by atoms with Crippen molar-refractivity contribution in [2.24, 2.45) is 11.1 Å². The summed E-state index contributed by atoms with van der Waals surface area (Å²) in [6.07, 6.45) is 0.862. The van der Waals surface area contributed by atoms with E-state index < -0.39 is 5.60 Å². The Kier molecular flexibility index (Phi) is 4.99. The number of amides is 1. The van der Waals surface area contributed by atoms with Crippen molar-refractivity contribution < 1.29 is 13.9 Å². The molecule has 1 aliphatic heterocycles. The molecule has 1 aromatic carbocycles. The van der Waals surface area contributed by atoms with E-state index in [2.05, 4.69) is 20.8 Å². The predicted octanol–water partition coefficient (Wildman–Crippen LogP) is 3.65. The zero-order chi connectivity index (χ0) is 17.3. The second-order valence-corrected chi connectivity index (χ2v) is 7.39. The molecule has 4 nitrogen and oxygen atoms in total. The lowest BCUT2D eigenvalue weighted by Gasteiger charge is -2.46. The molecule has 0 bridgehead atoms. The molecule has 1 fully saturated rings. The number of rotatable bonds is 4. The van der Waals surface area contributed by atoms with Crippen molar-refractivity contribution in [3.05, 3.63) is 35.6 Å². The van der Waals surface area contributed by atoms with Gasteiger partial charge in [-0.2, -0.15) is 0 Å². The Morgan fingerprint density at radius 3 is 2.43 bits per heavy atom. The molecule has 0 aliphatic carbocycles. The van der Waals surface area contributed by atoms with Gasteiger partial charge in [0.2, 0.25) is 0 Å². The van der Waals surface area contributed by atoms with Crippen LogP contribution in [0.2, 0.25) is 0 Å². The fraction of sp³-hybridized carbons (Fsp3) is 0.611.